The summed E-state index contributed by atoms with van der Waals surface area (Å²) in [6, 6.07) is 7.80. The number of hydrogen-bond acceptors (Lipinski definition) is 8. The highest BCUT2D eigenvalue weighted by molar-refractivity contribution is 7.99. The van der Waals surface area contributed by atoms with Gasteiger partial charge in [-0.1, -0.05) is 32.1 Å². The lowest BCUT2D eigenvalue weighted by Crippen LogP contribution is -2.57. The number of fused-ring (bicyclic) bond motifs is 1. The SMILES string of the molecule is C=C1CC[C@@H]2[C@](C)(CO)[C@H](O)CC[C@@]2(C)[C@@H]1C/C=C1/C(=O)OC[C@H]1OC(=O)CCCSc1ccc(OC)cc1. The number of cyclic esters (lactones) is 1. The number of ether oxygens (including phenoxy) is 3. The van der Waals surface area contributed by atoms with Gasteiger partial charge >= 0.3 is 11.9 Å². The van der Waals surface area contributed by atoms with Gasteiger partial charge in [0.1, 0.15) is 12.4 Å². The van der Waals surface area contributed by atoms with Crippen molar-refractivity contribution in [1.82, 2.24) is 0 Å². The monoisotopic (exact) mass is 558 g/mol. The number of carbonyl (C=O) groups excluding carboxylic acids is 2. The Morgan fingerprint density at radius 2 is 2.00 bits per heavy atom. The molecule has 1 heterocycles. The minimum Gasteiger partial charge on any atom is -0.497 e. The first-order valence-electron chi connectivity index (χ1n) is 13.9. The number of carbonyl (C=O) groups is 2. The Morgan fingerprint density at radius 3 is 2.69 bits per heavy atom. The molecule has 8 heteroatoms. The fraction of sp³-hybridized carbons (Fsp3) is 0.613. The molecular weight excluding hydrogens is 516 g/mol. The molecular formula is C31H42O7S. The quantitative estimate of drug-likeness (QED) is 0.135. The van der Waals surface area contributed by atoms with Gasteiger partial charge in [0.25, 0.3) is 0 Å². The average molecular weight is 559 g/mol. The van der Waals surface area contributed by atoms with E-state index in [9.17, 15) is 19.8 Å². The predicted molar refractivity (Wildman–Crippen MR) is 150 cm³/mol. The van der Waals surface area contributed by atoms with Crippen LogP contribution >= 0.6 is 11.8 Å². The summed E-state index contributed by atoms with van der Waals surface area (Å²) in [7, 11) is 1.63. The van der Waals surface area contributed by atoms with E-state index in [0.29, 0.717) is 24.8 Å². The maximum atomic E-state index is 12.6. The summed E-state index contributed by atoms with van der Waals surface area (Å²) >= 11 is 1.67. The maximum Gasteiger partial charge on any atom is 0.337 e. The van der Waals surface area contributed by atoms with Gasteiger partial charge in [-0.15, -0.1) is 11.8 Å². The van der Waals surface area contributed by atoms with E-state index in [4.69, 9.17) is 14.2 Å². The summed E-state index contributed by atoms with van der Waals surface area (Å²) in [5.41, 5.74) is 0.820. The third kappa shape index (κ3) is 6.23. The molecule has 39 heavy (non-hydrogen) atoms. The van der Waals surface area contributed by atoms with Crippen molar-refractivity contribution in [3.05, 3.63) is 48.1 Å². The Morgan fingerprint density at radius 1 is 1.26 bits per heavy atom. The number of aliphatic hydroxyl groups excluding tert-OH is 2. The van der Waals surface area contributed by atoms with Crippen molar-refractivity contribution < 1.29 is 34.0 Å². The molecule has 214 valence electrons. The summed E-state index contributed by atoms with van der Waals surface area (Å²) in [6.45, 7) is 8.57. The van der Waals surface area contributed by atoms with E-state index in [1.807, 2.05) is 37.3 Å². The number of aliphatic hydroxyl groups is 2. The predicted octanol–water partition coefficient (Wildman–Crippen LogP) is 5.09. The van der Waals surface area contributed by atoms with Crippen LogP contribution in [-0.2, 0) is 19.1 Å². The zero-order valence-corrected chi connectivity index (χ0v) is 24.1. The van der Waals surface area contributed by atoms with Crippen molar-refractivity contribution in [2.45, 2.75) is 75.9 Å². The molecule has 2 aliphatic carbocycles. The first kappa shape index (κ1) is 29.7. The Balaban J connectivity index is 1.34. The summed E-state index contributed by atoms with van der Waals surface area (Å²) < 4.78 is 16.1. The van der Waals surface area contributed by atoms with E-state index in [1.165, 1.54) is 0 Å². The maximum absolute atomic E-state index is 12.6. The van der Waals surface area contributed by atoms with Gasteiger partial charge in [-0.3, -0.25) is 4.79 Å². The molecule has 0 radical (unpaired) electrons. The molecule has 1 aromatic carbocycles. The third-order valence-corrected chi connectivity index (χ3v) is 10.4. The normalized spacial score (nSPS) is 33.5. The molecule has 2 N–H and O–H groups in total. The summed E-state index contributed by atoms with van der Waals surface area (Å²) in [6.07, 6.45) is 5.32. The molecule has 4 rings (SSSR count). The lowest BCUT2D eigenvalue weighted by Gasteiger charge is -2.59. The molecule has 6 atom stereocenters. The van der Waals surface area contributed by atoms with Crippen molar-refractivity contribution in [3.63, 3.8) is 0 Å². The standard InChI is InChI=1S/C31H42O7S/c1-20-7-14-26-30(2,16-15-27(33)31(26,3)19-32)24(20)13-12-23-25(18-37-29(23)35)38-28(34)6-5-17-39-22-10-8-21(36-4)9-11-22/h8-12,24-27,32-33H,1,5-7,13-19H2,2-4H3/b23-12+/t24-,25-,26+,27-,30+,31+/m1/s1. The molecule has 0 aromatic heterocycles. The van der Waals surface area contributed by atoms with Crippen LogP contribution in [0.5, 0.6) is 5.75 Å². The van der Waals surface area contributed by atoms with Crippen molar-refractivity contribution in [2.75, 3.05) is 26.1 Å². The van der Waals surface area contributed by atoms with Crippen LogP contribution in [0.15, 0.2) is 53.0 Å². The Hall–Kier alpha value is -2.29. The van der Waals surface area contributed by atoms with Crippen molar-refractivity contribution in [3.8, 4) is 5.75 Å². The van der Waals surface area contributed by atoms with Crippen molar-refractivity contribution in [2.24, 2.45) is 22.7 Å². The molecule has 0 amide bonds. The lowest BCUT2D eigenvalue weighted by molar-refractivity contribution is -0.151. The fourth-order valence-corrected chi connectivity index (χ4v) is 7.80. The summed E-state index contributed by atoms with van der Waals surface area (Å²) in [5.74, 6) is 1.05. The summed E-state index contributed by atoms with van der Waals surface area (Å²) in [4.78, 5) is 26.2. The topological polar surface area (TPSA) is 102 Å². The molecule has 0 spiro atoms. The first-order chi connectivity index (χ1) is 18.6. The van der Waals surface area contributed by atoms with Gasteiger partial charge in [-0.05, 0) is 85.8 Å². The van der Waals surface area contributed by atoms with Crippen LogP contribution in [0.4, 0.5) is 0 Å². The highest BCUT2D eigenvalue weighted by atomic mass is 32.2. The van der Waals surface area contributed by atoms with E-state index in [2.05, 4.69) is 13.5 Å². The second-order valence-corrected chi connectivity index (χ2v) is 12.8. The van der Waals surface area contributed by atoms with Gasteiger partial charge in [-0.2, -0.15) is 0 Å². The van der Waals surface area contributed by atoms with E-state index >= 15 is 0 Å². The molecule has 1 saturated heterocycles. The second-order valence-electron chi connectivity index (χ2n) is 11.6. The minimum atomic E-state index is -0.699. The highest BCUT2D eigenvalue weighted by Gasteiger charge is 2.57. The number of hydrogen-bond donors (Lipinski definition) is 2. The van der Waals surface area contributed by atoms with E-state index in [-0.39, 0.29) is 42.9 Å². The largest absolute Gasteiger partial charge is 0.497 e. The second kappa shape index (κ2) is 12.5. The molecule has 7 nitrogen and oxygen atoms in total. The van der Waals surface area contributed by atoms with Crippen LogP contribution in [0, 0.1) is 22.7 Å². The molecule has 1 aliphatic heterocycles. The van der Waals surface area contributed by atoms with Crippen LogP contribution in [0.25, 0.3) is 0 Å². The minimum absolute atomic E-state index is 0.0390. The van der Waals surface area contributed by atoms with Crippen molar-refractivity contribution >= 4 is 23.7 Å². The smallest absolute Gasteiger partial charge is 0.337 e. The molecule has 0 bridgehead atoms. The van der Waals surface area contributed by atoms with E-state index in [0.717, 1.165) is 41.2 Å². The van der Waals surface area contributed by atoms with E-state index < -0.39 is 23.6 Å². The number of esters is 2. The Bertz CT molecular complexity index is 1080. The van der Waals surface area contributed by atoms with Gasteiger partial charge < -0.3 is 24.4 Å². The van der Waals surface area contributed by atoms with Gasteiger partial charge in [-0.25, -0.2) is 4.79 Å². The lowest BCUT2D eigenvalue weighted by atomic mass is 9.46. The fourth-order valence-electron chi connectivity index (χ4n) is 6.94. The number of benzene rings is 1. The molecule has 1 aromatic rings. The molecule has 0 unspecified atom stereocenters. The average Bonchev–Trinajstić information content (AvgIpc) is 3.27. The number of methoxy groups -OCH3 is 1. The zero-order valence-electron chi connectivity index (χ0n) is 23.3. The molecule has 3 aliphatic rings. The first-order valence-corrected chi connectivity index (χ1v) is 14.9. The number of rotatable bonds is 10. The van der Waals surface area contributed by atoms with Gasteiger partial charge in [0.15, 0.2) is 6.10 Å². The van der Waals surface area contributed by atoms with E-state index in [1.54, 1.807) is 18.9 Å². The third-order valence-electron chi connectivity index (χ3n) is 9.34. The van der Waals surface area contributed by atoms with Crippen LogP contribution in [0.3, 0.4) is 0 Å². The number of thioether (sulfide) groups is 1. The summed E-state index contributed by atoms with van der Waals surface area (Å²) in [5, 5.41) is 21.0. The Kier molecular flexibility index (Phi) is 9.50. The van der Waals surface area contributed by atoms with Crippen LogP contribution in [-0.4, -0.2) is 60.4 Å². The number of allylic oxidation sites excluding steroid dienone is 2. The molecule has 2 saturated carbocycles. The van der Waals surface area contributed by atoms with Gasteiger partial charge in [0.2, 0.25) is 0 Å². The van der Waals surface area contributed by atoms with Crippen LogP contribution < -0.4 is 4.74 Å². The van der Waals surface area contributed by atoms with Gasteiger partial charge in [0.05, 0.1) is 25.4 Å². The van der Waals surface area contributed by atoms with Crippen LogP contribution in [0.1, 0.15) is 58.8 Å². The molecule has 3 fully saturated rings. The van der Waals surface area contributed by atoms with Crippen molar-refractivity contribution in [1.29, 1.82) is 0 Å². The zero-order chi connectivity index (χ0) is 28.2. The van der Waals surface area contributed by atoms with Gasteiger partial charge in [0, 0.05) is 16.7 Å². The Labute approximate surface area is 236 Å². The van der Waals surface area contributed by atoms with Crippen LogP contribution in [0.2, 0.25) is 0 Å². The highest BCUT2D eigenvalue weighted by Crippen LogP contribution is 2.61.